The van der Waals surface area contributed by atoms with Gasteiger partial charge in [-0.25, -0.2) is 0 Å². The summed E-state index contributed by atoms with van der Waals surface area (Å²) < 4.78 is 0. The van der Waals surface area contributed by atoms with Gasteiger partial charge in [0.05, 0.1) is 13.2 Å². The Morgan fingerprint density at radius 3 is 2.77 bits per heavy atom. The lowest BCUT2D eigenvalue weighted by Gasteiger charge is -1.98. The average Bonchev–Trinajstić information content (AvgIpc) is 2.11. The molecule has 0 aliphatic carbocycles. The Hall–Kier alpha value is -1.55. The third-order valence-corrected chi connectivity index (χ3v) is 1.47. The van der Waals surface area contributed by atoms with Crippen LogP contribution in [-0.4, -0.2) is 34.7 Å². The average molecular weight is 181 g/mol. The molecule has 0 radical (unpaired) electrons. The quantitative estimate of drug-likeness (QED) is 0.470. The van der Waals surface area contributed by atoms with E-state index in [9.17, 15) is 5.11 Å². The fourth-order valence-corrected chi connectivity index (χ4v) is 0.866. The Morgan fingerprint density at radius 1 is 1.31 bits per heavy atom. The first-order chi connectivity index (χ1) is 6.24. The van der Waals surface area contributed by atoms with Gasteiger partial charge in [-0.05, 0) is 18.2 Å². The van der Waals surface area contributed by atoms with E-state index in [2.05, 4.69) is 4.99 Å². The van der Waals surface area contributed by atoms with Crippen LogP contribution >= 0.6 is 0 Å². The molecule has 0 aliphatic rings. The summed E-state index contributed by atoms with van der Waals surface area (Å²) in [6.45, 7) is 0.255. The van der Waals surface area contributed by atoms with Gasteiger partial charge in [-0.15, -0.1) is 0 Å². The smallest absolute Gasteiger partial charge is 0.124 e. The molecule has 4 heteroatoms. The third kappa shape index (κ3) is 2.76. The lowest BCUT2D eigenvalue weighted by Crippen LogP contribution is -1.89. The first kappa shape index (κ1) is 9.54. The number of hydrogen-bond acceptors (Lipinski definition) is 4. The van der Waals surface area contributed by atoms with Crippen molar-refractivity contribution in [2.75, 3.05) is 13.2 Å². The van der Waals surface area contributed by atoms with Crippen LogP contribution in [0.2, 0.25) is 0 Å². The van der Waals surface area contributed by atoms with Crippen molar-refractivity contribution in [3.8, 4) is 11.5 Å². The topological polar surface area (TPSA) is 73.1 Å². The summed E-state index contributed by atoms with van der Waals surface area (Å²) in [6.07, 6.45) is 1.41. The number of rotatable bonds is 3. The van der Waals surface area contributed by atoms with Crippen LogP contribution in [0.3, 0.4) is 0 Å². The van der Waals surface area contributed by atoms with Gasteiger partial charge in [0.2, 0.25) is 0 Å². The first-order valence-corrected chi connectivity index (χ1v) is 3.86. The number of phenolic OH excluding ortho intramolecular Hbond substituents is 2. The van der Waals surface area contributed by atoms with Gasteiger partial charge in [-0.1, -0.05) is 0 Å². The molecular weight excluding hydrogens is 170 g/mol. The summed E-state index contributed by atoms with van der Waals surface area (Å²) >= 11 is 0. The van der Waals surface area contributed by atoms with E-state index in [0.717, 1.165) is 0 Å². The first-order valence-electron chi connectivity index (χ1n) is 3.86. The summed E-state index contributed by atoms with van der Waals surface area (Å²) in [4.78, 5) is 3.82. The molecule has 1 aromatic rings. The molecular formula is C9H11NO3. The molecule has 0 atom stereocenters. The lowest BCUT2D eigenvalue weighted by molar-refractivity contribution is 0.307. The molecule has 0 heterocycles. The van der Waals surface area contributed by atoms with Crippen LogP contribution in [-0.2, 0) is 0 Å². The zero-order valence-corrected chi connectivity index (χ0v) is 7.01. The number of nitrogens with zero attached hydrogens (tertiary/aromatic N) is 1. The van der Waals surface area contributed by atoms with Crippen LogP contribution in [0, 0.1) is 0 Å². The molecule has 13 heavy (non-hydrogen) atoms. The second-order valence-corrected chi connectivity index (χ2v) is 2.50. The largest absolute Gasteiger partial charge is 0.508 e. The van der Waals surface area contributed by atoms with Crippen LogP contribution in [0.4, 0.5) is 0 Å². The maximum Gasteiger partial charge on any atom is 0.124 e. The molecule has 1 rings (SSSR count). The number of benzene rings is 1. The fourth-order valence-electron chi connectivity index (χ4n) is 0.866. The van der Waals surface area contributed by atoms with Crippen molar-refractivity contribution in [1.82, 2.24) is 0 Å². The van der Waals surface area contributed by atoms with Crippen LogP contribution in [0.15, 0.2) is 23.2 Å². The van der Waals surface area contributed by atoms with Crippen molar-refractivity contribution in [2.24, 2.45) is 4.99 Å². The molecule has 0 saturated heterocycles. The van der Waals surface area contributed by atoms with Gasteiger partial charge < -0.3 is 15.3 Å². The standard InChI is InChI=1S/C9H11NO3/c11-4-3-10-6-7-5-8(12)1-2-9(7)13/h1-2,5-6,11-13H,3-4H2. The number of aliphatic imine (C=N–C) groups is 1. The molecule has 3 N–H and O–H groups in total. The van der Waals surface area contributed by atoms with Gasteiger partial charge in [0, 0.05) is 11.8 Å². The third-order valence-electron chi connectivity index (χ3n) is 1.47. The monoisotopic (exact) mass is 181 g/mol. The van der Waals surface area contributed by atoms with Crippen LogP contribution in [0.1, 0.15) is 5.56 Å². The Balaban J connectivity index is 2.81. The summed E-state index contributed by atoms with van der Waals surface area (Å²) in [5.41, 5.74) is 0.438. The highest BCUT2D eigenvalue weighted by molar-refractivity contribution is 5.83. The summed E-state index contributed by atoms with van der Waals surface area (Å²) in [7, 11) is 0. The molecule has 0 bridgehead atoms. The molecule has 4 nitrogen and oxygen atoms in total. The highest BCUT2D eigenvalue weighted by Crippen LogP contribution is 2.19. The normalized spacial score (nSPS) is 10.8. The van der Waals surface area contributed by atoms with Crippen molar-refractivity contribution in [3.05, 3.63) is 23.8 Å². The maximum absolute atomic E-state index is 9.27. The molecule has 70 valence electrons. The second kappa shape index (κ2) is 4.47. The molecule has 0 saturated carbocycles. The molecule has 1 aromatic carbocycles. The van der Waals surface area contributed by atoms with Gasteiger partial charge >= 0.3 is 0 Å². The van der Waals surface area contributed by atoms with E-state index >= 15 is 0 Å². The molecule has 0 fully saturated rings. The van der Waals surface area contributed by atoms with Crippen molar-refractivity contribution < 1.29 is 15.3 Å². The molecule has 0 aromatic heterocycles. The minimum Gasteiger partial charge on any atom is -0.508 e. The van der Waals surface area contributed by atoms with Crippen molar-refractivity contribution in [1.29, 1.82) is 0 Å². The summed E-state index contributed by atoms with van der Waals surface area (Å²) in [5.74, 6) is 0.128. The van der Waals surface area contributed by atoms with E-state index in [-0.39, 0.29) is 24.7 Å². The summed E-state index contributed by atoms with van der Waals surface area (Å²) in [6, 6.07) is 4.17. The predicted molar refractivity (Wildman–Crippen MR) is 49.3 cm³/mol. The number of hydrogen-bond donors (Lipinski definition) is 3. The van der Waals surface area contributed by atoms with Crippen molar-refractivity contribution in [3.63, 3.8) is 0 Å². The number of aromatic hydroxyl groups is 2. The zero-order chi connectivity index (χ0) is 9.68. The molecule has 0 amide bonds. The van der Waals surface area contributed by atoms with E-state index in [0.29, 0.717) is 5.56 Å². The van der Waals surface area contributed by atoms with Gasteiger partial charge in [0.15, 0.2) is 0 Å². The van der Waals surface area contributed by atoms with Crippen molar-refractivity contribution >= 4 is 6.21 Å². The Bertz CT molecular complexity index is 310. The fraction of sp³-hybridized carbons (Fsp3) is 0.222. The second-order valence-electron chi connectivity index (χ2n) is 2.50. The van der Waals surface area contributed by atoms with E-state index in [1.54, 1.807) is 0 Å². The van der Waals surface area contributed by atoms with Gasteiger partial charge in [-0.2, -0.15) is 0 Å². The molecule has 0 aliphatic heterocycles. The molecule has 0 unspecified atom stereocenters. The summed E-state index contributed by atoms with van der Waals surface area (Å²) in [5, 5.41) is 26.8. The highest BCUT2D eigenvalue weighted by Gasteiger charge is 1.98. The molecule has 0 spiro atoms. The van der Waals surface area contributed by atoms with Gasteiger partial charge in [0.1, 0.15) is 11.5 Å². The van der Waals surface area contributed by atoms with Crippen LogP contribution in [0.25, 0.3) is 0 Å². The Labute approximate surface area is 75.8 Å². The number of aliphatic hydroxyl groups excluding tert-OH is 1. The Morgan fingerprint density at radius 2 is 2.08 bits per heavy atom. The Kier molecular flexibility index (Phi) is 3.28. The maximum atomic E-state index is 9.27. The van der Waals surface area contributed by atoms with Gasteiger partial charge in [0.25, 0.3) is 0 Å². The number of aliphatic hydroxyl groups is 1. The minimum atomic E-state index is -0.0317. The van der Waals surface area contributed by atoms with E-state index in [4.69, 9.17) is 10.2 Å². The van der Waals surface area contributed by atoms with Crippen LogP contribution < -0.4 is 0 Å². The van der Waals surface area contributed by atoms with Gasteiger partial charge in [-0.3, -0.25) is 4.99 Å². The van der Waals surface area contributed by atoms with E-state index in [1.165, 1.54) is 24.4 Å². The number of phenols is 2. The lowest BCUT2D eigenvalue weighted by atomic mass is 10.2. The SMILES string of the molecule is OCCN=Cc1cc(O)ccc1O. The van der Waals surface area contributed by atoms with Crippen LogP contribution in [0.5, 0.6) is 11.5 Å². The van der Waals surface area contributed by atoms with E-state index in [1.807, 2.05) is 0 Å². The zero-order valence-electron chi connectivity index (χ0n) is 7.01. The van der Waals surface area contributed by atoms with Crippen molar-refractivity contribution in [2.45, 2.75) is 0 Å². The van der Waals surface area contributed by atoms with E-state index < -0.39 is 0 Å². The predicted octanol–water partition coefficient (Wildman–Crippen LogP) is 0.509. The highest BCUT2D eigenvalue weighted by atomic mass is 16.3. The minimum absolute atomic E-state index is 0.0317.